The van der Waals surface area contributed by atoms with E-state index in [9.17, 15) is 13.2 Å². The Morgan fingerprint density at radius 2 is 2.17 bits per heavy atom. The molecule has 1 amide bonds. The molecule has 0 bridgehead atoms. The van der Waals surface area contributed by atoms with Crippen LogP contribution in [0.2, 0.25) is 0 Å². The van der Waals surface area contributed by atoms with Crippen LogP contribution in [-0.4, -0.2) is 24.3 Å². The van der Waals surface area contributed by atoms with Crippen molar-refractivity contribution in [2.24, 2.45) is 5.73 Å². The third kappa shape index (κ3) is 1.76. The molecule has 0 fully saturated rings. The van der Waals surface area contributed by atoms with Gasteiger partial charge in [-0.05, 0) is 6.07 Å². The molecule has 0 unspecified atom stereocenters. The molecule has 0 saturated carbocycles. The molecule has 64 valence electrons. The predicted octanol–water partition coefficient (Wildman–Crippen LogP) is -1.45. The number of carbonyl (C=O) groups excluding carboxylic acids is 1. The second kappa shape index (κ2) is 3.26. The van der Waals surface area contributed by atoms with Crippen LogP contribution in [0, 0.1) is 0 Å². The summed E-state index contributed by atoms with van der Waals surface area (Å²) in [5.74, 6) is -0.782. The van der Waals surface area contributed by atoms with Crippen molar-refractivity contribution in [3.8, 4) is 0 Å². The molecule has 1 rings (SSSR count). The van der Waals surface area contributed by atoms with E-state index in [1.807, 2.05) is 0 Å². The molecular weight excluding hydrogens is 182 g/mol. The molecule has 2 N–H and O–H groups in total. The zero-order valence-corrected chi connectivity index (χ0v) is 6.69. The summed E-state index contributed by atoms with van der Waals surface area (Å²) in [5.41, 5.74) is 4.74. The highest BCUT2D eigenvalue weighted by molar-refractivity contribution is 7.72. The van der Waals surface area contributed by atoms with Crippen LogP contribution in [0.25, 0.3) is 0 Å². The zero-order chi connectivity index (χ0) is 9.14. The SMILES string of the molecule is NC(=O)c1ccnc([SH](=O)=O)n1. The highest BCUT2D eigenvalue weighted by atomic mass is 32.2. The number of hydrogen-bond acceptors (Lipinski definition) is 5. The number of aromatic nitrogens is 2. The summed E-state index contributed by atoms with van der Waals surface area (Å²) in [4.78, 5) is 17.3. The van der Waals surface area contributed by atoms with Crippen LogP contribution in [0.3, 0.4) is 0 Å². The topological polar surface area (TPSA) is 103 Å². The van der Waals surface area contributed by atoms with Gasteiger partial charge in [0.2, 0.25) is 15.9 Å². The first-order valence-electron chi connectivity index (χ1n) is 2.88. The van der Waals surface area contributed by atoms with Crippen LogP contribution >= 0.6 is 0 Å². The zero-order valence-electron chi connectivity index (χ0n) is 5.80. The molecule has 0 aromatic carbocycles. The third-order valence-electron chi connectivity index (χ3n) is 1.06. The van der Waals surface area contributed by atoms with E-state index in [4.69, 9.17) is 5.73 Å². The van der Waals surface area contributed by atoms with Crippen LogP contribution in [-0.2, 0) is 10.7 Å². The second-order valence-corrected chi connectivity index (χ2v) is 2.78. The lowest BCUT2D eigenvalue weighted by molar-refractivity contribution is 0.0994. The standard InChI is InChI=1S/C5H5N3O3S/c6-4(9)3-1-2-7-5(8-3)12(10)11/h1-2,12H,(H2,6,9). The van der Waals surface area contributed by atoms with Gasteiger partial charge < -0.3 is 5.73 Å². The quantitative estimate of drug-likeness (QED) is 0.435. The van der Waals surface area contributed by atoms with E-state index in [1.54, 1.807) is 0 Å². The molecule has 0 atom stereocenters. The van der Waals surface area contributed by atoms with Gasteiger partial charge in [-0.1, -0.05) is 0 Å². The Kier molecular flexibility index (Phi) is 2.34. The van der Waals surface area contributed by atoms with Gasteiger partial charge in [-0.25, -0.2) is 18.4 Å². The van der Waals surface area contributed by atoms with Crippen LogP contribution < -0.4 is 5.73 Å². The Morgan fingerprint density at radius 3 is 2.67 bits per heavy atom. The van der Waals surface area contributed by atoms with Crippen molar-refractivity contribution in [3.63, 3.8) is 0 Å². The first-order chi connectivity index (χ1) is 5.61. The van der Waals surface area contributed by atoms with Gasteiger partial charge in [-0.3, -0.25) is 4.79 Å². The van der Waals surface area contributed by atoms with E-state index < -0.39 is 21.8 Å². The summed E-state index contributed by atoms with van der Waals surface area (Å²) in [6, 6.07) is 1.24. The maximum Gasteiger partial charge on any atom is 0.267 e. The molecule has 1 heterocycles. The Hall–Kier alpha value is -1.50. The number of amides is 1. The van der Waals surface area contributed by atoms with Gasteiger partial charge in [-0.15, -0.1) is 0 Å². The fourth-order valence-electron chi connectivity index (χ4n) is 0.574. The van der Waals surface area contributed by atoms with E-state index >= 15 is 0 Å². The van der Waals surface area contributed by atoms with E-state index in [2.05, 4.69) is 9.97 Å². The largest absolute Gasteiger partial charge is 0.364 e. The van der Waals surface area contributed by atoms with Crippen LogP contribution in [0.15, 0.2) is 17.4 Å². The number of nitrogens with two attached hydrogens (primary N) is 1. The first kappa shape index (κ1) is 8.60. The minimum atomic E-state index is -2.87. The monoisotopic (exact) mass is 187 g/mol. The second-order valence-electron chi connectivity index (χ2n) is 1.86. The van der Waals surface area contributed by atoms with Gasteiger partial charge in [0.25, 0.3) is 5.91 Å². The summed E-state index contributed by atoms with van der Waals surface area (Å²) in [6.07, 6.45) is 1.16. The number of hydrogen-bond donors (Lipinski definition) is 2. The van der Waals surface area contributed by atoms with E-state index in [1.165, 1.54) is 6.07 Å². The summed E-state index contributed by atoms with van der Waals surface area (Å²) in [7, 11) is -2.87. The van der Waals surface area contributed by atoms with Crippen molar-refractivity contribution in [1.82, 2.24) is 9.97 Å². The molecule has 0 aliphatic heterocycles. The number of carbonyl (C=O) groups is 1. The van der Waals surface area contributed by atoms with Gasteiger partial charge in [0.1, 0.15) is 5.69 Å². The molecule has 6 nitrogen and oxygen atoms in total. The van der Waals surface area contributed by atoms with Crippen molar-refractivity contribution in [3.05, 3.63) is 18.0 Å². The Morgan fingerprint density at radius 1 is 1.50 bits per heavy atom. The van der Waals surface area contributed by atoms with Gasteiger partial charge in [0.05, 0.1) is 0 Å². The number of primary amides is 1. The molecule has 0 radical (unpaired) electrons. The summed E-state index contributed by atoms with van der Waals surface area (Å²) >= 11 is 0. The van der Waals surface area contributed by atoms with Crippen molar-refractivity contribution in [2.45, 2.75) is 5.16 Å². The van der Waals surface area contributed by atoms with Crippen LogP contribution in [0.4, 0.5) is 0 Å². The molecule has 0 saturated heterocycles. The smallest absolute Gasteiger partial charge is 0.267 e. The molecule has 0 spiro atoms. The lowest BCUT2D eigenvalue weighted by atomic mass is 10.4. The molecule has 7 heteroatoms. The van der Waals surface area contributed by atoms with Crippen LogP contribution in [0.5, 0.6) is 0 Å². The average Bonchev–Trinajstić information content (AvgIpc) is 2.04. The molecular formula is C5H5N3O3S. The minimum absolute atomic E-state index is 0.112. The molecule has 1 aromatic heterocycles. The number of nitrogens with zero attached hydrogens (tertiary/aromatic N) is 2. The van der Waals surface area contributed by atoms with Gasteiger partial charge in [0, 0.05) is 6.20 Å². The Balaban J connectivity index is 3.21. The average molecular weight is 187 g/mol. The summed E-state index contributed by atoms with van der Waals surface area (Å²) in [6.45, 7) is 0. The van der Waals surface area contributed by atoms with Gasteiger partial charge in [0.15, 0.2) is 0 Å². The number of thiol groups is 1. The Labute approximate surface area is 69.4 Å². The van der Waals surface area contributed by atoms with Crippen molar-refractivity contribution >= 4 is 16.6 Å². The molecule has 12 heavy (non-hydrogen) atoms. The maximum absolute atomic E-state index is 10.5. The lowest BCUT2D eigenvalue weighted by Crippen LogP contribution is -2.14. The van der Waals surface area contributed by atoms with E-state index in [0.717, 1.165) is 6.20 Å². The predicted molar refractivity (Wildman–Crippen MR) is 39.1 cm³/mol. The first-order valence-corrected chi connectivity index (χ1v) is 4.06. The number of rotatable bonds is 2. The molecule has 0 aliphatic rings. The van der Waals surface area contributed by atoms with E-state index in [0.29, 0.717) is 0 Å². The van der Waals surface area contributed by atoms with Crippen LogP contribution in [0.1, 0.15) is 10.5 Å². The molecule has 0 aliphatic carbocycles. The highest BCUT2D eigenvalue weighted by Gasteiger charge is 2.04. The van der Waals surface area contributed by atoms with Gasteiger partial charge >= 0.3 is 0 Å². The minimum Gasteiger partial charge on any atom is -0.364 e. The third-order valence-corrected chi connectivity index (χ3v) is 1.60. The van der Waals surface area contributed by atoms with Crippen molar-refractivity contribution in [2.75, 3.05) is 0 Å². The summed E-state index contributed by atoms with van der Waals surface area (Å²) < 4.78 is 20.7. The van der Waals surface area contributed by atoms with Gasteiger partial charge in [-0.2, -0.15) is 0 Å². The van der Waals surface area contributed by atoms with E-state index in [-0.39, 0.29) is 5.69 Å². The van der Waals surface area contributed by atoms with Crippen molar-refractivity contribution in [1.29, 1.82) is 0 Å². The van der Waals surface area contributed by atoms with Crippen molar-refractivity contribution < 1.29 is 13.2 Å². The fourth-order valence-corrected chi connectivity index (χ4v) is 0.924. The molecule has 1 aromatic rings. The summed E-state index contributed by atoms with van der Waals surface area (Å²) in [5, 5.41) is -0.402. The normalized spacial score (nSPS) is 10.1. The fraction of sp³-hybridized carbons (Fsp3) is 0. The maximum atomic E-state index is 10.5. The lowest BCUT2D eigenvalue weighted by Gasteiger charge is -1.92. The highest BCUT2D eigenvalue weighted by Crippen LogP contribution is 1.94. The Bertz CT molecular complexity index is 379.